The van der Waals surface area contributed by atoms with Crippen molar-refractivity contribution in [2.75, 3.05) is 13.1 Å². The molecule has 1 aliphatic rings. The molecule has 1 saturated heterocycles. The van der Waals surface area contributed by atoms with Crippen molar-refractivity contribution in [1.29, 1.82) is 0 Å². The van der Waals surface area contributed by atoms with Gasteiger partial charge in [0, 0.05) is 30.9 Å². The average molecular weight is 326 g/mol. The molecule has 2 amide bonds. The maximum atomic E-state index is 12.4. The molecular formula is C18H22N4O2. The van der Waals surface area contributed by atoms with Gasteiger partial charge in [0.25, 0.3) is 5.91 Å². The molecule has 1 aromatic heterocycles. The third-order valence-corrected chi connectivity index (χ3v) is 4.24. The molecular weight excluding hydrogens is 304 g/mol. The summed E-state index contributed by atoms with van der Waals surface area (Å²) in [4.78, 5) is 26.3. The minimum atomic E-state index is -0.0362. The summed E-state index contributed by atoms with van der Waals surface area (Å²) in [5, 5.41) is 7.16. The van der Waals surface area contributed by atoms with E-state index in [2.05, 4.69) is 10.4 Å². The third-order valence-electron chi connectivity index (χ3n) is 4.24. The van der Waals surface area contributed by atoms with Gasteiger partial charge in [-0.3, -0.25) is 14.3 Å². The lowest BCUT2D eigenvalue weighted by Crippen LogP contribution is -2.47. The van der Waals surface area contributed by atoms with Gasteiger partial charge < -0.3 is 10.2 Å². The van der Waals surface area contributed by atoms with E-state index in [1.807, 2.05) is 48.4 Å². The number of hydrogen-bond donors (Lipinski definition) is 1. The van der Waals surface area contributed by atoms with Gasteiger partial charge in [-0.25, -0.2) is 0 Å². The van der Waals surface area contributed by atoms with Crippen molar-refractivity contribution >= 4 is 11.8 Å². The fourth-order valence-corrected chi connectivity index (χ4v) is 2.96. The largest absolute Gasteiger partial charge is 0.352 e. The Hall–Kier alpha value is -2.63. The van der Waals surface area contributed by atoms with Gasteiger partial charge in [0.15, 0.2) is 0 Å². The lowest BCUT2D eigenvalue weighted by Gasteiger charge is -2.32. The van der Waals surface area contributed by atoms with Crippen LogP contribution in [-0.2, 0) is 11.3 Å². The van der Waals surface area contributed by atoms with E-state index in [1.54, 1.807) is 10.9 Å². The van der Waals surface area contributed by atoms with Crippen molar-refractivity contribution in [3.8, 4) is 0 Å². The first kappa shape index (κ1) is 16.2. The van der Waals surface area contributed by atoms with Crippen LogP contribution in [0.5, 0.6) is 0 Å². The van der Waals surface area contributed by atoms with Crippen molar-refractivity contribution in [3.63, 3.8) is 0 Å². The number of piperidine rings is 1. The molecule has 1 aromatic carbocycles. The van der Waals surface area contributed by atoms with Crippen molar-refractivity contribution in [1.82, 2.24) is 20.0 Å². The number of carbonyl (C=O) groups is 2. The third kappa shape index (κ3) is 4.01. The number of aromatic nitrogens is 2. The van der Waals surface area contributed by atoms with Crippen LogP contribution in [0, 0.1) is 6.92 Å². The lowest BCUT2D eigenvalue weighted by atomic mass is 10.0. The summed E-state index contributed by atoms with van der Waals surface area (Å²) in [5.41, 5.74) is 1.75. The summed E-state index contributed by atoms with van der Waals surface area (Å²) >= 11 is 0. The fourth-order valence-electron chi connectivity index (χ4n) is 2.96. The molecule has 2 heterocycles. The molecule has 0 saturated carbocycles. The second-order valence-electron chi connectivity index (χ2n) is 6.22. The molecule has 6 heteroatoms. The Labute approximate surface area is 141 Å². The summed E-state index contributed by atoms with van der Waals surface area (Å²) < 4.78 is 1.64. The fraction of sp³-hybridized carbons (Fsp3) is 0.389. The van der Waals surface area contributed by atoms with Gasteiger partial charge in [0.2, 0.25) is 5.91 Å². The van der Waals surface area contributed by atoms with E-state index in [4.69, 9.17) is 0 Å². The molecule has 0 atom stereocenters. The first-order valence-corrected chi connectivity index (χ1v) is 8.24. The zero-order chi connectivity index (χ0) is 16.9. The van der Waals surface area contributed by atoms with Crippen LogP contribution in [0.25, 0.3) is 0 Å². The second-order valence-corrected chi connectivity index (χ2v) is 6.22. The maximum absolute atomic E-state index is 12.4. The molecule has 0 aliphatic carbocycles. The number of hydrogen-bond acceptors (Lipinski definition) is 3. The molecule has 0 spiro atoms. The molecule has 0 unspecified atom stereocenters. The predicted octanol–water partition coefficient (Wildman–Crippen LogP) is 1.61. The number of carbonyl (C=O) groups excluding carboxylic acids is 2. The van der Waals surface area contributed by atoms with Crippen LogP contribution in [0.1, 0.15) is 28.8 Å². The van der Waals surface area contributed by atoms with E-state index in [0.29, 0.717) is 18.7 Å². The van der Waals surface area contributed by atoms with Gasteiger partial charge in [-0.2, -0.15) is 5.10 Å². The van der Waals surface area contributed by atoms with Gasteiger partial charge >= 0.3 is 0 Å². The van der Waals surface area contributed by atoms with Crippen molar-refractivity contribution < 1.29 is 9.59 Å². The summed E-state index contributed by atoms with van der Waals surface area (Å²) in [6, 6.07) is 9.44. The minimum Gasteiger partial charge on any atom is -0.352 e. The maximum Gasteiger partial charge on any atom is 0.253 e. The number of nitrogens with one attached hydrogen (secondary N) is 1. The molecule has 1 N–H and O–H groups in total. The number of amides is 2. The van der Waals surface area contributed by atoms with Crippen LogP contribution in [0.4, 0.5) is 0 Å². The Morgan fingerprint density at radius 2 is 1.92 bits per heavy atom. The Balaban J connectivity index is 1.46. The molecule has 24 heavy (non-hydrogen) atoms. The van der Waals surface area contributed by atoms with Crippen LogP contribution >= 0.6 is 0 Å². The van der Waals surface area contributed by atoms with E-state index < -0.39 is 0 Å². The van der Waals surface area contributed by atoms with E-state index in [0.717, 1.165) is 18.4 Å². The highest BCUT2D eigenvalue weighted by Gasteiger charge is 2.24. The summed E-state index contributed by atoms with van der Waals surface area (Å²) in [7, 11) is 0. The van der Waals surface area contributed by atoms with Gasteiger partial charge in [0.1, 0.15) is 6.54 Å². The minimum absolute atomic E-state index is 0.0362. The van der Waals surface area contributed by atoms with Crippen molar-refractivity contribution in [2.24, 2.45) is 0 Å². The highest BCUT2D eigenvalue weighted by atomic mass is 16.2. The van der Waals surface area contributed by atoms with Gasteiger partial charge in [0.05, 0.1) is 6.20 Å². The molecule has 126 valence electrons. The van der Waals surface area contributed by atoms with Crippen LogP contribution in [0.15, 0.2) is 42.7 Å². The van der Waals surface area contributed by atoms with Gasteiger partial charge in [-0.05, 0) is 37.5 Å². The number of likely N-dealkylation sites (tertiary alicyclic amines) is 1. The molecule has 1 fully saturated rings. The smallest absolute Gasteiger partial charge is 0.253 e. The lowest BCUT2D eigenvalue weighted by molar-refractivity contribution is -0.122. The van der Waals surface area contributed by atoms with E-state index in [9.17, 15) is 9.59 Å². The Kier molecular flexibility index (Phi) is 4.93. The SMILES string of the molecule is Cc1cnn(CC(=O)NC2CCN(C(=O)c3ccccc3)CC2)c1. The molecule has 0 radical (unpaired) electrons. The summed E-state index contributed by atoms with van der Waals surface area (Å²) in [5.74, 6) is 0.0262. The zero-order valence-electron chi connectivity index (χ0n) is 13.8. The van der Waals surface area contributed by atoms with Crippen LogP contribution in [-0.4, -0.2) is 45.6 Å². The molecule has 2 aromatic rings. The molecule has 6 nitrogen and oxygen atoms in total. The van der Waals surface area contributed by atoms with E-state index in [1.165, 1.54) is 0 Å². The van der Waals surface area contributed by atoms with Crippen LogP contribution < -0.4 is 5.32 Å². The number of rotatable bonds is 4. The highest BCUT2D eigenvalue weighted by molar-refractivity contribution is 5.94. The highest BCUT2D eigenvalue weighted by Crippen LogP contribution is 2.14. The molecule has 3 rings (SSSR count). The topological polar surface area (TPSA) is 67.2 Å². The predicted molar refractivity (Wildman–Crippen MR) is 90.5 cm³/mol. The molecule has 1 aliphatic heterocycles. The standard InChI is InChI=1S/C18H22N4O2/c1-14-11-19-22(12-14)13-17(23)20-16-7-9-21(10-8-16)18(24)15-5-3-2-4-6-15/h2-6,11-12,16H,7-10,13H2,1H3,(H,20,23). The van der Waals surface area contributed by atoms with E-state index >= 15 is 0 Å². The summed E-state index contributed by atoms with van der Waals surface area (Å²) in [6.07, 6.45) is 5.15. The van der Waals surface area contributed by atoms with Crippen LogP contribution in [0.2, 0.25) is 0 Å². The number of benzene rings is 1. The van der Waals surface area contributed by atoms with Gasteiger partial charge in [-0.1, -0.05) is 18.2 Å². The second kappa shape index (κ2) is 7.29. The number of aryl methyl sites for hydroxylation is 1. The van der Waals surface area contributed by atoms with E-state index in [-0.39, 0.29) is 24.4 Å². The first-order valence-electron chi connectivity index (χ1n) is 8.24. The van der Waals surface area contributed by atoms with Crippen LogP contribution in [0.3, 0.4) is 0 Å². The van der Waals surface area contributed by atoms with Gasteiger partial charge in [-0.15, -0.1) is 0 Å². The zero-order valence-corrected chi connectivity index (χ0v) is 13.8. The first-order chi connectivity index (χ1) is 11.6. The average Bonchev–Trinajstić information content (AvgIpc) is 3.00. The Bertz CT molecular complexity index is 703. The Morgan fingerprint density at radius 1 is 1.21 bits per heavy atom. The summed E-state index contributed by atoms with van der Waals surface area (Å²) in [6.45, 7) is 3.51. The monoisotopic (exact) mass is 326 g/mol. The Morgan fingerprint density at radius 3 is 2.54 bits per heavy atom. The van der Waals surface area contributed by atoms with Crippen molar-refractivity contribution in [2.45, 2.75) is 32.4 Å². The quantitative estimate of drug-likeness (QED) is 0.928. The number of nitrogens with zero attached hydrogens (tertiary/aromatic N) is 3. The molecule has 0 bridgehead atoms. The van der Waals surface area contributed by atoms with Crippen molar-refractivity contribution in [3.05, 3.63) is 53.9 Å². The normalized spacial score (nSPS) is 15.3.